The Morgan fingerprint density at radius 2 is 1.64 bits per heavy atom. The molecule has 4 aromatic rings. The summed E-state index contributed by atoms with van der Waals surface area (Å²) < 4.78 is 5.21. The van der Waals surface area contributed by atoms with E-state index in [2.05, 4.69) is 20.9 Å². The molecule has 3 aromatic carbocycles. The van der Waals surface area contributed by atoms with Crippen molar-refractivity contribution in [3.63, 3.8) is 0 Å². The van der Waals surface area contributed by atoms with Crippen molar-refractivity contribution in [2.75, 3.05) is 23.0 Å². The average molecular weight is 609 g/mol. The lowest BCUT2D eigenvalue weighted by Crippen LogP contribution is -2.30. The number of nitrogens with zero attached hydrogens (tertiary/aromatic N) is 1. The van der Waals surface area contributed by atoms with Gasteiger partial charge in [0.1, 0.15) is 5.70 Å². The fourth-order valence-electron chi connectivity index (χ4n) is 3.86. The minimum Gasteiger partial charge on any atom is -0.462 e. The van der Waals surface area contributed by atoms with Crippen LogP contribution in [0.1, 0.15) is 46.0 Å². The highest BCUT2D eigenvalue weighted by molar-refractivity contribution is 8.00. The second-order valence-corrected chi connectivity index (χ2v) is 10.6. The Morgan fingerprint density at radius 3 is 2.36 bits per heavy atom. The number of pyridine rings is 1. The SMILES string of the molecule is CCCCOC(=O)c1ccc(NC(=O)CSc2cccc(NC(=O)/C(=C/c3cccnc3)NC(=O)c3ccccc3)c2)cc1. The summed E-state index contributed by atoms with van der Waals surface area (Å²) in [6, 6.07) is 25.7. The zero-order chi connectivity index (χ0) is 31.1. The Bertz CT molecular complexity index is 1610. The molecule has 0 unspecified atom stereocenters. The molecule has 10 heteroatoms. The van der Waals surface area contributed by atoms with Crippen molar-refractivity contribution < 1.29 is 23.9 Å². The molecule has 0 saturated carbocycles. The number of nitrogens with one attached hydrogen (secondary N) is 3. The summed E-state index contributed by atoms with van der Waals surface area (Å²) in [6.07, 6.45) is 6.50. The van der Waals surface area contributed by atoms with Crippen LogP contribution in [0.2, 0.25) is 0 Å². The number of hydrogen-bond donors (Lipinski definition) is 3. The number of aromatic nitrogens is 1. The Labute approximate surface area is 260 Å². The van der Waals surface area contributed by atoms with Crippen LogP contribution in [0.5, 0.6) is 0 Å². The molecular formula is C34H32N4O5S. The van der Waals surface area contributed by atoms with Crippen molar-refractivity contribution in [1.29, 1.82) is 0 Å². The number of unbranched alkanes of at least 4 members (excludes halogenated alkanes) is 1. The Morgan fingerprint density at radius 1 is 0.841 bits per heavy atom. The quantitative estimate of drug-likeness (QED) is 0.0716. The first-order valence-electron chi connectivity index (χ1n) is 14.0. The molecule has 0 atom stereocenters. The lowest BCUT2D eigenvalue weighted by molar-refractivity contribution is -0.114. The molecule has 0 bridgehead atoms. The van der Waals surface area contributed by atoms with E-state index >= 15 is 0 Å². The van der Waals surface area contributed by atoms with Crippen LogP contribution in [0.4, 0.5) is 11.4 Å². The molecule has 0 spiro atoms. The minimum atomic E-state index is -0.518. The first-order valence-corrected chi connectivity index (χ1v) is 15.0. The predicted octanol–water partition coefficient (Wildman–Crippen LogP) is 6.18. The van der Waals surface area contributed by atoms with Crippen molar-refractivity contribution in [2.24, 2.45) is 0 Å². The van der Waals surface area contributed by atoms with E-state index in [9.17, 15) is 19.2 Å². The van der Waals surface area contributed by atoms with E-state index in [0.29, 0.717) is 34.7 Å². The fourth-order valence-corrected chi connectivity index (χ4v) is 4.62. The third kappa shape index (κ3) is 9.95. The molecule has 1 aromatic heterocycles. The van der Waals surface area contributed by atoms with Gasteiger partial charge in [-0.25, -0.2) is 4.79 Å². The van der Waals surface area contributed by atoms with Crippen LogP contribution in [0.3, 0.4) is 0 Å². The standard InChI is InChI=1S/C34H32N4O5S/c1-2-3-19-43-34(42)26-14-16-27(17-15-26)36-31(39)23-44-29-13-7-12-28(21-29)37-33(41)30(20-24-9-8-18-35-22-24)38-32(40)25-10-5-4-6-11-25/h4-18,20-22H,2-3,19,23H2,1H3,(H,36,39)(H,37,41)(H,38,40)/b30-20-. The summed E-state index contributed by atoms with van der Waals surface area (Å²) in [7, 11) is 0. The molecule has 0 radical (unpaired) electrons. The number of carbonyl (C=O) groups is 4. The van der Waals surface area contributed by atoms with Crippen LogP contribution in [0, 0.1) is 0 Å². The smallest absolute Gasteiger partial charge is 0.338 e. The molecule has 0 saturated heterocycles. The number of thioether (sulfide) groups is 1. The predicted molar refractivity (Wildman–Crippen MR) is 172 cm³/mol. The van der Waals surface area contributed by atoms with Crippen LogP contribution < -0.4 is 16.0 Å². The van der Waals surface area contributed by atoms with Gasteiger partial charge in [-0.15, -0.1) is 11.8 Å². The average Bonchev–Trinajstić information content (AvgIpc) is 3.05. The first-order chi connectivity index (χ1) is 21.4. The highest BCUT2D eigenvalue weighted by atomic mass is 32.2. The normalized spacial score (nSPS) is 10.9. The van der Waals surface area contributed by atoms with Gasteiger partial charge in [0.2, 0.25) is 5.91 Å². The van der Waals surface area contributed by atoms with Crippen LogP contribution >= 0.6 is 11.8 Å². The number of ether oxygens (including phenoxy) is 1. The molecule has 0 aliphatic heterocycles. The molecule has 224 valence electrons. The molecule has 44 heavy (non-hydrogen) atoms. The monoisotopic (exact) mass is 608 g/mol. The van der Waals surface area contributed by atoms with Gasteiger partial charge in [0.25, 0.3) is 11.8 Å². The molecule has 0 fully saturated rings. The largest absolute Gasteiger partial charge is 0.462 e. The topological polar surface area (TPSA) is 126 Å². The molecule has 1 heterocycles. The summed E-state index contributed by atoms with van der Waals surface area (Å²) in [5.41, 5.74) is 2.58. The van der Waals surface area contributed by atoms with E-state index in [1.807, 2.05) is 13.0 Å². The highest BCUT2D eigenvalue weighted by Gasteiger charge is 2.16. The fraction of sp³-hybridized carbons (Fsp3) is 0.147. The maximum Gasteiger partial charge on any atom is 0.338 e. The highest BCUT2D eigenvalue weighted by Crippen LogP contribution is 2.23. The van der Waals surface area contributed by atoms with E-state index < -0.39 is 17.8 Å². The number of amides is 3. The zero-order valence-corrected chi connectivity index (χ0v) is 24.9. The molecule has 4 rings (SSSR count). The third-order valence-corrected chi connectivity index (χ3v) is 7.12. The number of esters is 1. The number of anilines is 2. The molecule has 9 nitrogen and oxygen atoms in total. The van der Waals surface area contributed by atoms with Crippen molar-refractivity contribution in [2.45, 2.75) is 24.7 Å². The van der Waals surface area contributed by atoms with Crippen molar-refractivity contribution in [3.8, 4) is 0 Å². The summed E-state index contributed by atoms with van der Waals surface area (Å²) in [4.78, 5) is 55.6. The molecule has 0 aliphatic rings. The Hall–Kier alpha value is -5.22. The molecular weight excluding hydrogens is 576 g/mol. The Balaban J connectivity index is 1.35. The van der Waals surface area contributed by atoms with Crippen LogP contribution in [0.15, 0.2) is 114 Å². The summed E-state index contributed by atoms with van der Waals surface area (Å²) in [5, 5.41) is 8.34. The minimum absolute atomic E-state index is 0.0459. The van der Waals surface area contributed by atoms with Crippen LogP contribution in [0.25, 0.3) is 6.08 Å². The van der Waals surface area contributed by atoms with Gasteiger partial charge >= 0.3 is 5.97 Å². The lowest BCUT2D eigenvalue weighted by Gasteiger charge is -2.12. The summed E-state index contributed by atoms with van der Waals surface area (Å²) in [5.74, 6) is -1.44. The van der Waals surface area contributed by atoms with Gasteiger partial charge in [-0.3, -0.25) is 19.4 Å². The van der Waals surface area contributed by atoms with E-state index in [1.165, 1.54) is 11.8 Å². The molecule has 0 aliphatic carbocycles. The van der Waals surface area contributed by atoms with E-state index in [0.717, 1.165) is 17.7 Å². The van der Waals surface area contributed by atoms with E-state index in [1.54, 1.807) is 103 Å². The maximum absolute atomic E-state index is 13.3. The summed E-state index contributed by atoms with van der Waals surface area (Å²) in [6.45, 7) is 2.40. The third-order valence-electron chi connectivity index (χ3n) is 6.12. The first kappa shape index (κ1) is 31.7. The molecule has 3 N–H and O–H groups in total. The van der Waals surface area contributed by atoms with Crippen molar-refractivity contribution >= 4 is 52.9 Å². The zero-order valence-electron chi connectivity index (χ0n) is 24.1. The maximum atomic E-state index is 13.3. The summed E-state index contributed by atoms with van der Waals surface area (Å²) >= 11 is 1.30. The van der Waals surface area contributed by atoms with Gasteiger partial charge in [0, 0.05) is 34.2 Å². The van der Waals surface area contributed by atoms with Gasteiger partial charge in [-0.2, -0.15) is 0 Å². The van der Waals surface area contributed by atoms with E-state index in [-0.39, 0.29) is 17.4 Å². The van der Waals surface area contributed by atoms with Gasteiger partial charge < -0.3 is 20.7 Å². The lowest BCUT2D eigenvalue weighted by atomic mass is 10.2. The van der Waals surface area contributed by atoms with Crippen molar-refractivity contribution in [3.05, 3.63) is 126 Å². The van der Waals surface area contributed by atoms with Gasteiger partial charge in [0.05, 0.1) is 17.9 Å². The second kappa shape index (κ2) is 16.4. The van der Waals surface area contributed by atoms with Crippen LogP contribution in [-0.4, -0.2) is 41.0 Å². The number of rotatable bonds is 13. The second-order valence-electron chi connectivity index (χ2n) is 9.55. The van der Waals surface area contributed by atoms with Gasteiger partial charge in [-0.1, -0.05) is 43.7 Å². The van der Waals surface area contributed by atoms with Crippen molar-refractivity contribution in [1.82, 2.24) is 10.3 Å². The molecule has 3 amide bonds. The number of carbonyl (C=O) groups excluding carboxylic acids is 4. The van der Waals surface area contributed by atoms with Gasteiger partial charge in [0.15, 0.2) is 0 Å². The van der Waals surface area contributed by atoms with E-state index in [4.69, 9.17) is 4.74 Å². The number of hydrogen-bond acceptors (Lipinski definition) is 7. The van der Waals surface area contributed by atoms with Gasteiger partial charge in [-0.05, 0) is 78.7 Å². The Kier molecular flexibility index (Phi) is 11.8. The van der Waals surface area contributed by atoms with Crippen LogP contribution in [-0.2, 0) is 14.3 Å². The number of benzene rings is 3.